The Morgan fingerprint density at radius 3 is 2.78 bits per heavy atom. The van der Waals surface area contributed by atoms with Gasteiger partial charge < -0.3 is 14.8 Å². The summed E-state index contributed by atoms with van der Waals surface area (Å²) in [4.78, 5) is 30.2. The Bertz CT molecular complexity index is 1090. The van der Waals surface area contributed by atoms with Crippen LogP contribution in [-0.4, -0.2) is 31.1 Å². The smallest absolute Gasteiger partial charge is 0.336 e. The molecule has 0 bridgehead atoms. The number of Topliss-reactive ketones (excluding diaryl/α,β-unsaturated/α-hetero) is 1. The van der Waals surface area contributed by atoms with Gasteiger partial charge in [0.1, 0.15) is 6.61 Å². The van der Waals surface area contributed by atoms with Gasteiger partial charge in [0.25, 0.3) is 0 Å². The van der Waals surface area contributed by atoms with E-state index in [4.69, 9.17) is 9.47 Å². The first-order chi connectivity index (χ1) is 15.5. The third kappa shape index (κ3) is 4.09. The van der Waals surface area contributed by atoms with Crippen molar-refractivity contribution in [3.05, 3.63) is 66.8 Å². The first-order valence-electron chi connectivity index (χ1n) is 11.1. The molecule has 4 heterocycles. The summed E-state index contributed by atoms with van der Waals surface area (Å²) in [6.45, 7) is 4.94. The average molecular weight is 470 g/mol. The van der Waals surface area contributed by atoms with Gasteiger partial charge in [-0.05, 0) is 56.7 Å². The number of carbonyl (C=O) groups excluding carboxylic acids is 2. The molecule has 1 N–H and O–H groups in total. The van der Waals surface area contributed by atoms with Crippen molar-refractivity contribution in [2.75, 3.05) is 13.2 Å². The molecule has 2 aromatic heterocycles. The number of ketones is 1. The van der Waals surface area contributed by atoms with Crippen LogP contribution in [0, 0.1) is 6.92 Å². The van der Waals surface area contributed by atoms with E-state index in [9.17, 15) is 9.59 Å². The van der Waals surface area contributed by atoms with Gasteiger partial charge in [-0.25, -0.2) is 4.79 Å². The summed E-state index contributed by atoms with van der Waals surface area (Å²) in [5, 5.41) is 5.48. The van der Waals surface area contributed by atoms with Crippen LogP contribution in [0.15, 0.2) is 52.2 Å². The van der Waals surface area contributed by atoms with Gasteiger partial charge in [-0.15, -0.1) is 22.7 Å². The maximum atomic E-state index is 13.5. The summed E-state index contributed by atoms with van der Waals surface area (Å²) in [5.74, 6) is -0.439. The van der Waals surface area contributed by atoms with Crippen molar-refractivity contribution in [1.82, 2.24) is 5.32 Å². The lowest BCUT2D eigenvalue weighted by Crippen LogP contribution is -2.36. The normalized spacial score (nSPS) is 25.7. The molecule has 0 aromatic carbocycles. The molecule has 1 saturated heterocycles. The number of ether oxygens (including phenoxy) is 2. The fourth-order valence-electron chi connectivity index (χ4n) is 4.95. The molecule has 3 aliphatic rings. The summed E-state index contributed by atoms with van der Waals surface area (Å²) < 4.78 is 11.3. The Morgan fingerprint density at radius 2 is 2.09 bits per heavy atom. The monoisotopic (exact) mass is 469 g/mol. The quantitative estimate of drug-likeness (QED) is 0.610. The van der Waals surface area contributed by atoms with Gasteiger partial charge in [0.15, 0.2) is 5.78 Å². The number of hydrogen-bond acceptors (Lipinski definition) is 7. The van der Waals surface area contributed by atoms with Crippen LogP contribution in [0.3, 0.4) is 0 Å². The Hall–Kier alpha value is -2.22. The van der Waals surface area contributed by atoms with E-state index in [1.54, 1.807) is 22.7 Å². The Labute approximate surface area is 196 Å². The van der Waals surface area contributed by atoms with Crippen molar-refractivity contribution < 1.29 is 19.1 Å². The number of thiophene rings is 2. The standard InChI is InChI=1S/C25H27NO4S2/c1-14-7-8-21(32-14)24-22(25(28)30-13-17-5-3-9-29-17)15(2)26-18-11-16(12-19(27)23(18)24)20-6-4-10-31-20/h4,6-8,10,16-17,24,26H,3,5,9,11-13H2,1-2H3/t16-,17-,24-/m0/s1. The molecule has 0 spiro atoms. The number of aryl methyl sites for hydroxylation is 1. The molecule has 32 heavy (non-hydrogen) atoms. The predicted octanol–water partition coefficient (Wildman–Crippen LogP) is 5.20. The first kappa shape index (κ1) is 21.6. The Morgan fingerprint density at radius 1 is 1.22 bits per heavy atom. The lowest BCUT2D eigenvalue weighted by Gasteiger charge is -2.36. The van der Waals surface area contributed by atoms with E-state index in [-0.39, 0.29) is 36.3 Å². The second-order valence-electron chi connectivity index (χ2n) is 8.71. The molecule has 0 radical (unpaired) electrons. The van der Waals surface area contributed by atoms with E-state index in [2.05, 4.69) is 22.8 Å². The molecule has 0 saturated carbocycles. The number of allylic oxidation sites excluding steroid dienone is 3. The average Bonchev–Trinajstić information content (AvgIpc) is 3.53. The zero-order chi connectivity index (χ0) is 22.2. The van der Waals surface area contributed by atoms with E-state index in [0.29, 0.717) is 12.0 Å². The number of carbonyl (C=O) groups is 2. The van der Waals surface area contributed by atoms with Crippen molar-refractivity contribution in [2.45, 2.75) is 57.5 Å². The minimum atomic E-state index is -0.376. The van der Waals surface area contributed by atoms with E-state index in [0.717, 1.165) is 52.6 Å². The molecule has 2 aliphatic heterocycles. The molecule has 5 rings (SSSR count). The zero-order valence-electron chi connectivity index (χ0n) is 18.3. The van der Waals surface area contributed by atoms with Gasteiger partial charge in [-0.1, -0.05) is 6.07 Å². The molecule has 5 nitrogen and oxygen atoms in total. The summed E-state index contributed by atoms with van der Waals surface area (Å²) in [6, 6.07) is 8.23. The van der Waals surface area contributed by atoms with Crippen LogP contribution < -0.4 is 5.32 Å². The number of hydrogen-bond donors (Lipinski definition) is 1. The summed E-state index contributed by atoms with van der Waals surface area (Å²) in [7, 11) is 0. The second kappa shape index (κ2) is 8.96. The highest BCUT2D eigenvalue weighted by Crippen LogP contribution is 2.47. The van der Waals surface area contributed by atoms with Crippen molar-refractivity contribution >= 4 is 34.4 Å². The highest BCUT2D eigenvalue weighted by atomic mass is 32.1. The van der Waals surface area contributed by atoms with Gasteiger partial charge >= 0.3 is 5.97 Å². The molecule has 0 unspecified atom stereocenters. The number of dihydropyridines is 1. The number of esters is 1. The van der Waals surface area contributed by atoms with Crippen molar-refractivity contribution in [3.63, 3.8) is 0 Å². The van der Waals surface area contributed by atoms with Gasteiger partial charge in [0, 0.05) is 50.5 Å². The van der Waals surface area contributed by atoms with Gasteiger partial charge in [-0.2, -0.15) is 0 Å². The Kier molecular flexibility index (Phi) is 6.05. The summed E-state index contributed by atoms with van der Waals surface area (Å²) in [6.07, 6.45) is 3.13. The minimum Gasteiger partial charge on any atom is -0.459 e. The predicted molar refractivity (Wildman–Crippen MR) is 126 cm³/mol. The Balaban J connectivity index is 1.48. The van der Waals surface area contributed by atoms with Gasteiger partial charge in [-0.3, -0.25) is 4.79 Å². The first-order valence-corrected chi connectivity index (χ1v) is 12.8. The third-order valence-corrected chi connectivity index (χ3v) is 8.56. The molecule has 2 aromatic rings. The highest BCUT2D eigenvalue weighted by molar-refractivity contribution is 7.12. The number of nitrogens with one attached hydrogen (secondary N) is 1. The van der Waals surface area contributed by atoms with E-state index >= 15 is 0 Å². The molecule has 7 heteroatoms. The van der Waals surface area contributed by atoms with Crippen LogP contribution in [0.5, 0.6) is 0 Å². The van der Waals surface area contributed by atoms with Gasteiger partial charge in [0.2, 0.25) is 0 Å². The molecule has 3 atom stereocenters. The fourth-order valence-corrected chi connectivity index (χ4v) is 6.78. The van der Waals surface area contributed by atoms with Crippen LogP contribution in [0.4, 0.5) is 0 Å². The summed E-state index contributed by atoms with van der Waals surface area (Å²) >= 11 is 3.34. The van der Waals surface area contributed by atoms with Crippen molar-refractivity contribution in [2.24, 2.45) is 0 Å². The van der Waals surface area contributed by atoms with Crippen molar-refractivity contribution in [1.29, 1.82) is 0 Å². The molecular weight excluding hydrogens is 442 g/mol. The maximum Gasteiger partial charge on any atom is 0.336 e. The summed E-state index contributed by atoms with van der Waals surface area (Å²) in [5.41, 5.74) is 3.00. The lowest BCUT2D eigenvalue weighted by atomic mass is 9.74. The van der Waals surface area contributed by atoms with Crippen LogP contribution in [0.1, 0.15) is 59.1 Å². The van der Waals surface area contributed by atoms with Gasteiger partial charge in [0.05, 0.1) is 17.6 Å². The third-order valence-electron chi connectivity index (χ3n) is 6.46. The SMILES string of the molecule is CC1=C(C(=O)OC[C@@H]2CCCO2)[C@H](c2ccc(C)s2)C2=C(C[C@H](c3cccs3)CC2=O)N1. The molecule has 168 valence electrons. The molecule has 0 amide bonds. The maximum absolute atomic E-state index is 13.5. The highest BCUT2D eigenvalue weighted by Gasteiger charge is 2.42. The van der Waals surface area contributed by atoms with E-state index in [1.807, 2.05) is 26.0 Å². The molecule has 1 aliphatic carbocycles. The van der Waals surface area contributed by atoms with Crippen LogP contribution >= 0.6 is 22.7 Å². The number of rotatable bonds is 5. The van der Waals surface area contributed by atoms with Crippen molar-refractivity contribution in [3.8, 4) is 0 Å². The second-order valence-corrected chi connectivity index (χ2v) is 11.0. The zero-order valence-corrected chi connectivity index (χ0v) is 19.9. The van der Waals surface area contributed by atoms with E-state index < -0.39 is 0 Å². The topological polar surface area (TPSA) is 64.6 Å². The molecule has 1 fully saturated rings. The van der Waals surface area contributed by atoms with Crippen LogP contribution in [-0.2, 0) is 19.1 Å². The van der Waals surface area contributed by atoms with Crippen LogP contribution in [0.25, 0.3) is 0 Å². The largest absolute Gasteiger partial charge is 0.459 e. The minimum absolute atomic E-state index is 0.0310. The van der Waals surface area contributed by atoms with E-state index in [1.165, 1.54) is 4.88 Å². The van der Waals surface area contributed by atoms with Crippen LogP contribution in [0.2, 0.25) is 0 Å². The molecular formula is C25H27NO4S2. The lowest BCUT2D eigenvalue weighted by molar-refractivity contribution is -0.142. The fraction of sp³-hybridized carbons (Fsp3) is 0.440.